The quantitative estimate of drug-likeness (QED) is 0.520. The van der Waals surface area contributed by atoms with Crippen molar-refractivity contribution in [2.24, 2.45) is 0 Å². The summed E-state index contributed by atoms with van der Waals surface area (Å²) in [4.78, 5) is 4.63. The predicted octanol–water partition coefficient (Wildman–Crippen LogP) is 5.94. The number of halogens is 4. The lowest BCUT2D eigenvalue weighted by atomic mass is 10.1. The Balaban J connectivity index is 1.41. The highest BCUT2D eigenvalue weighted by Gasteiger charge is 2.33. The van der Waals surface area contributed by atoms with Crippen LogP contribution in [-0.4, -0.2) is 31.1 Å². The fraction of sp³-hybridized carbons (Fsp3) is 0.273. The fourth-order valence-corrected chi connectivity index (χ4v) is 3.76. The zero-order valence-corrected chi connectivity index (χ0v) is 16.4. The molecule has 0 spiro atoms. The van der Waals surface area contributed by atoms with Crippen molar-refractivity contribution < 1.29 is 17.6 Å². The van der Waals surface area contributed by atoms with Gasteiger partial charge in [-0.2, -0.15) is 13.2 Å². The summed E-state index contributed by atoms with van der Waals surface area (Å²) in [5, 5.41) is -0.315. The van der Waals surface area contributed by atoms with E-state index in [0.717, 1.165) is 38.0 Å². The van der Waals surface area contributed by atoms with E-state index in [4.69, 9.17) is 16.0 Å². The average Bonchev–Trinajstić information content (AvgIpc) is 3.17. The van der Waals surface area contributed by atoms with Gasteiger partial charge in [-0.1, -0.05) is 29.8 Å². The molecule has 0 aliphatic carbocycles. The van der Waals surface area contributed by atoms with Crippen LogP contribution in [0.15, 0.2) is 65.1 Å². The molecule has 2 heterocycles. The third-order valence-corrected chi connectivity index (χ3v) is 5.42. The molecule has 1 aliphatic rings. The number of anilines is 1. The summed E-state index contributed by atoms with van der Waals surface area (Å²) in [6.07, 6.45) is -4.50. The van der Waals surface area contributed by atoms with Crippen molar-refractivity contribution in [2.75, 3.05) is 31.1 Å². The molecule has 152 valence electrons. The second-order valence-electron chi connectivity index (χ2n) is 7.06. The second kappa shape index (κ2) is 8.13. The van der Waals surface area contributed by atoms with Crippen LogP contribution in [0.2, 0.25) is 5.02 Å². The number of furan rings is 1. The third-order valence-electron chi connectivity index (χ3n) is 5.09. The Morgan fingerprint density at radius 2 is 1.62 bits per heavy atom. The van der Waals surface area contributed by atoms with Crippen LogP contribution in [-0.2, 0) is 12.7 Å². The van der Waals surface area contributed by atoms with Crippen LogP contribution < -0.4 is 4.90 Å². The summed E-state index contributed by atoms with van der Waals surface area (Å²) in [5.41, 5.74) is 0.726. The van der Waals surface area contributed by atoms with Crippen molar-refractivity contribution in [2.45, 2.75) is 12.7 Å². The van der Waals surface area contributed by atoms with Gasteiger partial charge in [-0.05, 0) is 42.5 Å². The van der Waals surface area contributed by atoms with Crippen LogP contribution in [0, 0.1) is 0 Å². The Hall–Kier alpha value is -2.44. The highest BCUT2D eigenvalue weighted by Crippen LogP contribution is 2.37. The normalized spacial score (nSPS) is 15.7. The molecule has 1 fully saturated rings. The molecule has 1 aliphatic heterocycles. The fourth-order valence-electron chi connectivity index (χ4n) is 3.54. The number of hydrogen-bond acceptors (Lipinski definition) is 3. The number of nitrogens with zero attached hydrogens (tertiary/aromatic N) is 2. The largest absolute Gasteiger partial charge is 0.460 e. The SMILES string of the molecule is FC(F)(F)c1cc(-c2ccc(CN3CCN(c4ccccc4)CC3)o2)ccc1Cl. The van der Waals surface area contributed by atoms with Crippen LogP contribution in [0.1, 0.15) is 11.3 Å². The minimum Gasteiger partial charge on any atom is -0.460 e. The molecule has 4 rings (SSSR count). The topological polar surface area (TPSA) is 19.6 Å². The first-order valence-corrected chi connectivity index (χ1v) is 9.76. The third kappa shape index (κ3) is 4.60. The average molecular weight is 421 g/mol. The smallest absolute Gasteiger partial charge is 0.417 e. The maximum atomic E-state index is 13.1. The molecule has 0 saturated carbocycles. The molecule has 2 aromatic carbocycles. The number of benzene rings is 2. The van der Waals surface area contributed by atoms with E-state index in [0.29, 0.717) is 17.9 Å². The van der Waals surface area contributed by atoms with Crippen molar-refractivity contribution in [3.05, 3.63) is 77.0 Å². The van der Waals surface area contributed by atoms with E-state index < -0.39 is 11.7 Å². The van der Waals surface area contributed by atoms with E-state index in [1.165, 1.54) is 11.8 Å². The van der Waals surface area contributed by atoms with E-state index in [1.807, 2.05) is 24.3 Å². The molecule has 3 aromatic rings. The highest BCUT2D eigenvalue weighted by molar-refractivity contribution is 6.31. The molecule has 29 heavy (non-hydrogen) atoms. The zero-order chi connectivity index (χ0) is 20.4. The van der Waals surface area contributed by atoms with Gasteiger partial charge in [0.15, 0.2) is 0 Å². The van der Waals surface area contributed by atoms with Crippen molar-refractivity contribution in [3.63, 3.8) is 0 Å². The van der Waals surface area contributed by atoms with Gasteiger partial charge in [0.05, 0.1) is 17.1 Å². The summed E-state index contributed by atoms with van der Waals surface area (Å²) in [7, 11) is 0. The van der Waals surface area contributed by atoms with E-state index in [2.05, 4.69) is 21.9 Å². The van der Waals surface area contributed by atoms with Gasteiger partial charge in [0.25, 0.3) is 0 Å². The minimum absolute atomic E-state index is 0.315. The molecule has 0 atom stereocenters. The molecule has 0 radical (unpaired) electrons. The molecule has 3 nitrogen and oxygen atoms in total. The summed E-state index contributed by atoms with van der Waals surface area (Å²) >= 11 is 5.70. The van der Waals surface area contributed by atoms with Crippen LogP contribution in [0.4, 0.5) is 18.9 Å². The Labute approximate surface area is 172 Å². The summed E-state index contributed by atoms with van der Waals surface area (Å²) in [6, 6.07) is 17.6. The minimum atomic E-state index is -4.50. The number of para-hydroxylation sites is 1. The number of rotatable bonds is 4. The monoisotopic (exact) mass is 420 g/mol. The number of hydrogen-bond donors (Lipinski definition) is 0. The van der Waals surface area contributed by atoms with Crippen LogP contribution in [0.25, 0.3) is 11.3 Å². The highest BCUT2D eigenvalue weighted by atomic mass is 35.5. The molecule has 7 heteroatoms. The summed E-state index contributed by atoms with van der Waals surface area (Å²) < 4.78 is 45.1. The summed E-state index contributed by atoms with van der Waals surface area (Å²) in [5.74, 6) is 1.14. The van der Waals surface area contributed by atoms with E-state index in [9.17, 15) is 13.2 Å². The molecular formula is C22H20ClF3N2O. The maximum absolute atomic E-state index is 13.1. The second-order valence-corrected chi connectivity index (χ2v) is 7.46. The van der Waals surface area contributed by atoms with Gasteiger partial charge in [0, 0.05) is 37.4 Å². The van der Waals surface area contributed by atoms with Gasteiger partial charge in [-0.25, -0.2) is 0 Å². The van der Waals surface area contributed by atoms with Crippen molar-refractivity contribution in [1.82, 2.24) is 4.90 Å². The standard InChI is InChI=1S/C22H20ClF3N2O/c23-20-8-6-16(14-19(20)22(24,25)26)21-9-7-18(29-21)15-27-10-12-28(13-11-27)17-4-2-1-3-5-17/h1-9,14H,10-13,15H2. The molecular weight excluding hydrogens is 401 g/mol. The van der Waals surface area contributed by atoms with E-state index >= 15 is 0 Å². The van der Waals surface area contributed by atoms with E-state index in [-0.39, 0.29) is 5.02 Å². The van der Waals surface area contributed by atoms with E-state index in [1.54, 1.807) is 12.1 Å². The first kappa shape index (κ1) is 19.9. The zero-order valence-electron chi connectivity index (χ0n) is 15.6. The molecule has 1 aromatic heterocycles. The van der Waals surface area contributed by atoms with Gasteiger partial charge in [0.2, 0.25) is 0 Å². The molecule has 1 saturated heterocycles. The lowest BCUT2D eigenvalue weighted by Gasteiger charge is -2.35. The Morgan fingerprint density at radius 1 is 0.897 bits per heavy atom. The van der Waals surface area contributed by atoms with Crippen molar-refractivity contribution in [1.29, 1.82) is 0 Å². The molecule has 0 amide bonds. The van der Waals surface area contributed by atoms with Crippen molar-refractivity contribution in [3.8, 4) is 11.3 Å². The predicted molar refractivity (Wildman–Crippen MR) is 108 cm³/mol. The van der Waals surface area contributed by atoms with Crippen LogP contribution in [0.3, 0.4) is 0 Å². The summed E-state index contributed by atoms with van der Waals surface area (Å²) in [6.45, 7) is 4.25. The Kier molecular flexibility index (Phi) is 5.56. The number of piperazine rings is 1. The van der Waals surface area contributed by atoms with Crippen LogP contribution in [0.5, 0.6) is 0 Å². The first-order valence-electron chi connectivity index (χ1n) is 9.38. The molecule has 0 N–H and O–H groups in total. The molecule has 0 bridgehead atoms. The maximum Gasteiger partial charge on any atom is 0.417 e. The lowest BCUT2D eigenvalue weighted by Crippen LogP contribution is -2.45. The van der Waals surface area contributed by atoms with Gasteiger partial charge in [-0.15, -0.1) is 0 Å². The van der Waals surface area contributed by atoms with Gasteiger partial charge < -0.3 is 9.32 Å². The number of alkyl halides is 3. The van der Waals surface area contributed by atoms with Gasteiger partial charge in [0.1, 0.15) is 11.5 Å². The Bertz CT molecular complexity index is 964. The van der Waals surface area contributed by atoms with Crippen molar-refractivity contribution >= 4 is 17.3 Å². The molecule has 0 unspecified atom stereocenters. The Morgan fingerprint density at radius 3 is 2.31 bits per heavy atom. The lowest BCUT2D eigenvalue weighted by molar-refractivity contribution is -0.137. The first-order chi connectivity index (χ1) is 13.9. The van der Waals surface area contributed by atoms with Crippen LogP contribution >= 0.6 is 11.6 Å². The van der Waals surface area contributed by atoms with Gasteiger partial charge >= 0.3 is 6.18 Å². The van der Waals surface area contributed by atoms with Gasteiger partial charge in [-0.3, -0.25) is 4.90 Å².